The molecule has 2 rings (SSSR count). The summed E-state index contributed by atoms with van der Waals surface area (Å²) in [6.45, 7) is 8.92. The van der Waals surface area contributed by atoms with Crippen molar-refractivity contribution in [3.63, 3.8) is 0 Å². The fraction of sp³-hybridized carbons (Fsp3) is 0.750. The van der Waals surface area contributed by atoms with Gasteiger partial charge in [0.2, 0.25) is 5.91 Å². The number of likely N-dealkylation sites (tertiary alicyclic amines) is 1. The summed E-state index contributed by atoms with van der Waals surface area (Å²) >= 11 is 1.73. The van der Waals surface area contributed by atoms with Crippen molar-refractivity contribution >= 4 is 17.2 Å². The molecule has 1 N–H and O–H groups in total. The van der Waals surface area contributed by atoms with Gasteiger partial charge in [0, 0.05) is 17.8 Å². The number of rotatable bonds is 5. The van der Waals surface area contributed by atoms with E-state index >= 15 is 0 Å². The molecule has 0 bridgehead atoms. The Balaban J connectivity index is 1.76. The second-order valence-electron chi connectivity index (χ2n) is 5.91. The molecule has 5 heteroatoms. The molecule has 21 heavy (non-hydrogen) atoms. The Morgan fingerprint density at radius 3 is 2.52 bits per heavy atom. The molecule has 1 saturated heterocycles. The summed E-state index contributed by atoms with van der Waals surface area (Å²) in [5.74, 6) is 0.163. The summed E-state index contributed by atoms with van der Waals surface area (Å²) in [6.07, 6.45) is 5.92. The third-order valence-corrected chi connectivity index (χ3v) is 5.35. The van der Waals surface area contributed by atoms with Gasteiger partial charge in [0.05, 0.1) is 16.7 Å². The molecule has 4 nitrogen and oxygen atoms in total. The SMILES string of the molecule is Cc1nc(C)c(CCNC(=O)[C@H](C)N2CCCCCC2)s1. The van der Waals surface area contributed by atoms with Gasteiger partial charge in [-0.05, 0) is 46.7 Å². The van der Waals surface area contributed by atoms with E-state index in [-0.39, 0.29) is 11.9 Å². The van der Waals surface area contributed by atoms with Gasteiger partial charge in [0.25, 0.3) is 0 Å². The highest BCUT2D eigenvalue weighted by atomic mass is 32.1. The van der Waals surface area contributed by atoms with Crippen LogP contribution in [0.2, 0.25) is 0 Å². The number of carbonyl (C=O) groups excluding carboxylic acids is 1. The first-order valence-electron chi connectivity index (χ1n) is 8.02. The topological polar surface area (TPSA) is 45.2 Å². The third-order valence-electron chi connectivity index (χ3n) is 4.22. The minimum atomic E-state index is -0.00704. The normalized spacial score (nSPS) is 18.2. The number of nitrogens with one attached hydrogen (secondary N) is 1. The molecule has 0 unspecified atom stereocenters. The van der Waals surface area contributed by atoms with Crippen LogP contribution in [0.1, 0.15) is 48.2 Å². The lowest BCUT2D eigenvalue weighted by Gasteiger charge is -2.26. The molecule has 1 aromatic rings. The maximum Gasteiger partial charge on any atom is 0.237 e. The lowest BCUT2D eigenvalue weighted by atomic mass is 10.2. The number of hydrogen-bond acceptors (Lipinski definition) is 4. The van der Waals surface area contributed by atoms with E-state index < -0.39 is 0 Å². The molecular weight excluding hydrogens is 282 g/mol. The van der Waals surface area contributed by atoms with E-state index in [4.69, 9.17) is 0 Å². The van der Waals surface area contributed by atoms with Crippen LogP contribution in [0.15, 0.2) is 0 Å². The highest BCUT2D eigenvalue weighted by Crippen LogP contribution is 2.17. The van der Waals surface area contributed by atoms with Crippen molar-refractivity contribution in [2.75, 3.05) is 19.6 Å². The zero-order chi connectivity index (χ0) is 15.2. The first kappa shape index (κ1) is 16.4. The molecule has 0 aromatic carbocycles. The van der Waals surface area contributed by atoms with Crippen LogP contribution in [0.3, 0.4) is 0 Å². The average Bonchev–Trinajstić information content (AvgIpc) is 2.68. The molecule has 118 valence electrons. The summed E-state index contributed by atoms with van der Waals surface area (Å²) in [6, 6.07) is -0.00704. The Labute approximate surface area is 132 Å². The van der Waals surface area contributed by atoms with E-state index in [9.17, 15) is 4.79 Å². The Hall–Kier alpha value is -0.940. The van der Waals surface area contributed by atoms with Crippen molar-refractivity contribution in [2.24, 2.45) is 0 Å². The minimum Gasteiger partial charge on any atom is -0.354 e. The van der Waals surface area contributed by atoms with E-state index in [1.807, 2.05) is 20.8 Å². The molecular formula is C16H27N3OS. The first-order chi connectivity index (χ1) is 10.1. The van der Waals surface area contributed by atoms with Gasteiger partial charge >= 0.3 is 0 Å². The summed E-state index contributed by atoms with van der Waals surface area (Å²) in [5.41, 5.74) is 1.10. The number of nitrogens with zero attached hydrogens (tertiary/aromatic N) is 2. The van der Waals surface area contributed by atoms with Crippen molar-refractivity contribution in [3.05, 3.63) is 15.6 Å². The zero-order valence-electron chi connectivity index (χ0n) is 13.4. The molecule has 1 aromatic heterocycles. The first-order valence-corrected chi connectivity index (χ1v) is 8.84. The average molecular weight is 309 g/mol. The molecule has 0 saturated carbocycles. The molecule has 1 atom stereocenters. The summed E-state index contributed by atoms with van der Waals surface area (Å²) in [4.78, 5) is 20.3. The number of carbonyl (C=O) groups is 1. The van der Waals surface area contributed by atoms with Gasteiger partial charge in [-0.25, -0.2) is 4.98 Å². The molecule has 1 aliphatic heterocycles. The van der Waals surface area contributed by atoms with Crippen LogP contribution in [0.4, 0.5) is 0 Å². The van der Waals surface area contributed by atoms with Gasteiger partial charge in [-0.2, -0.15) is 0 Å². The maximum absolute atomic E-state index is 12.3. The summed E-state index contributed by atoms with van der Waals surface area (Å²) in [5, 5.41) is 4.19. The van der Waals surface area contributed by atoms with Crippen LogP contribution >= 0.6 is 11.3 Å². The Bertz CT molecular complexity index is 464. The number of aromatic nitrogens is 1. The number of amides is 1. The van der Waals surface area contributed by atoms with Crippen LogP contribution < -0.4 is 5.32 Å². The lowest BCUT2D eigenvalue weighted by molar-refractivity contribution is -0.125. The molecule has 1 fully saturated rings. The van der Waals surface area contributed by atoms with E-state index in [2.05, 4.69) is 15.2 Å². The quantitative estimate of drug-likeness (QED) is 0.909. The van der Waals surface area contributed by atoms with Crippen molar-refractivity contribution in [1.82, 2.24) is 15.2 Å². The van der Waals surface area contributed by atoms with Crippen molar-refractivity contribution in [3.8, 4) is 0 Å². The Morgan fingerprint density at radius 2 is 1.95 bits per heavy atom. The lowest BCUT2D eigenvalue weighted by Crippen LogP contribution is -2.46. The highest BCUT2D eigenvalue weighted by Gasteiger charge is 2.21. The standard InChI is InChI=1S/C16H27N3OS/c1-12-15(21-14(3)18-12)8-9-17-16(20)13(2)19-10-6-4-5-7-11-19/h13H,4-11H2,1-3H3,(H,17,20)/t13-/m0/s1. The predicted molar refractivity (Wildman–Crippen MR) is 87.8 cm³/mol. The number of thiazole rings is 1. The second kappa shape index (κ2) is 7.90. The Kier molecular flexibility index (Phi) is 6.18. The zero-order valence-corrected chi connectivity index (χ0v) is 14.3. The van der Waals surface area contributed by atoms with Crippen molar-refractivity contribution < 1.29 is 4.79 Å². The van der Waals surface area contributed by atoms with E-state index in [0.29, 0.717) is 6.54 Å². The minimum absolute atomic E-state index is 0.00704. The molecule has 1 aliphatic rings. The molecule has 2 heterocycles. The molecule has 0 radical (unpaired) electrons. The van der Waals surface area contributed by atoms with Crippen molar-refractivity contribution in [1.29, 1.82) is 0 Å². The van der Waals surface area contributed by atoms with Gasteiger partial charge in [0.15, 0.2) is 0 Å². The van der Waals surface area contributed by atoms with Crippen LogP contribution in [0.25, 0.3) is 0 Å². The smallest absolute Gasteiger partial charge is 0.237 e. The van der Waals surface area contributed by atoms with Crippen LogP contribution in [-0.4, -0.2) is 41.5 Å². The van der Waals surface area contributed by atoms with Crippen molar-refractivity contribution in [2.45, 2.75) is 58.9 Å². The fourth-order valence-electron chi connectivity index (χ4n) is 2.90. The monoisotopic (exact) mass is 309 g/mol. The fourth-order valence-corrected chi connectivity index (χ4v) is 3.84. The summed E-state index contributed by atoms with van der Waals surface area (Å²) in [7, 11) is 0. The van der Waals surface area contributed by atoms with Crippen LogP contribution in [-0.2, 0) is 11.2 Å². The highest BCUT2D eigenvalue weighted by molar-refractivity contribution is 7.11. The van der Waals surface area contributed by atoms with Gasteiger partial charge in [-0.3, -0.25) is 9.69 Å². The summed E-state index contributed by atoms with van der Waals surface area (Å²) < 4.78 is 0. The molecule has 0 spiro atoms. The van der Waals surface area contributed by atoms with Gasteiger partial charge in [-0.1, -0.05) is 12.8 Å². The van der Waals surface area contributed by atoms with Crippen LogP contribution in [0.5, 0.6) is 0 Å². The predicted octanol–water partition coefficient (Wildman–Crippen LogP) is 2.68. The molecule has 1 amide bonds. The van der Waals surface area contributed by atoms with Crippen LogP contribution in [0, 0.1) is 13.8 Å². The van der Waals surface area contributed by atoms with E-state index in [0.717, 1.165) is 30.2 Å². The third kappa shape index (κ3) is 4.78. The number of aryl methyl sites for hydroxylation is 2. The van der Waals surface area contributed by atoms with Gasteiger partial charge in [-0.15, -0.1) is 11.3 Å². The Morgan fingerprint density at radius 1 is 1.29 bits per heavy atom. The largest absolute Gasteiger partial charge is 0.354 e. The van der Waals surface area contributed by atoms with Gasteiger partial charge < -0.3 is 5.32 Å². The van der Waals surface area contributed by atoms with E-state index in [1.54, 1.807) is 11.3 Å². The second-order valence-corrected chi connectivity index (χ2v) is 7.20. The molecule has 0 aliphatic carbocycles. The number of hydrogen-bond donors (Lipinski definition) is 1. The van der Waals surface area contributed by atoms with Gasteiger partial charge in [0.1, 0.15) is 0 Å². The maximum atomic E-state index is 12.3. The van der Waals surface area contributed by atoms with E-state index in [1.165, 1.54) is 30.6 Å².